The predicted molar refractivity (Wildman–Crippen MR) is 63.5 cm³/mol. The predicted octanol–water partition coefficient (Wildman–Crippen LogP) is -3.27. The second kappa shape index (κ2) is 8.95. The van der Waals surface area contributed by atoms with Crippen LogP contribution >= 0.6 is 0 Å². The van der Waals surface area contributed by atoms with Gasteiger partial charge in [0.25, 0.3) is 5.91 Å². The highest BCUT2D eigenvalue weighted by Crippen LogP contribution is 1.96. The molecule has 0 aromatic carbocycles. The van der Waals surface area contributed by atoms with Crippen LogP contribution in [0.1, 0.15) is 14.4 Å². The third-order valence-corrected chi connectivity index (χ3v) is 2.16. The Morgan fingerprint density at radius 1 is 1.11 bits per heavy atom. The summed E-state index contributed by atoms with van der Waals surface area (Å²) in [6.07, 6.45) is -6.21. The van der Waals surface area contributed by atoms with Crippen molar-refractivity contribution in [2.45, 2.75) is 38.8 Å². The van der Waals surface area contributed by atoms with Crippen molar-refractivity contribution >= 4 is 11.7 Å². The second-order valence-electron chi connectivity index (χ2n) is 3.62. The number of carbonyl (C=O) groups is 2. The van der Waals surface area contributed by atoms with Crippen LogP contribution in [0, 0.1) is 0 Å². The molecule has 0 bridgehead atoms. The molecular weight excluding hydrogens is 244 g/mol. The first kappa shape index (κ1) is 19.3. The van der Waals surface area contributed by atoms with Crippen LogP contribution in [0.4, 0.5) is 0 Å². The zero-order valence-corrected chi connectivity index (χ0v) is 9.41. The fourth-order valence-electron chi connectivity index (χ4n) is 0.969. The number of rotatable bonds is 7. The summed E-state index contributed by atoms with van der Waals surface area (Å²) in [5.41, 5.74) is 5.07. The van der Waals surface area contributed by atoms with E-state index in [-0.39, 0.29) is 20.5 Å². The number of aliphatic hydroxyl groups is 4. The topological polar surface area (TPSA) is 153 Å². The lowest BCUT2D eigenvalue weighted by Gasteiger charge is -2.19. The number of hydrogen-bond acceptors (Lipinski definition) is 7. The van der Waals surface area contributed by atoms with Gasteiger partial charge in [-0.15, -0.1) is 0 Å². The van der Waals surface area contributed by atoms with E-state index in [0.717, 1.165) is 6.92 Å². The molecule has 0 aliphatic rings. The Morgan fingerprint density at radius 3 is 2.00 bits per heavy atom. The summed E-state index contributed by atoms with van der Waals surface area (Å²) in [7, 11) is 0. The number of nitrogens with two attached hydrogens (primary N) is 1. The smallest absolute Gasteiger partial charge is 0.252 e. The molecule has 0 rings (SSSR count). The summed E-state index contributed by atoms with van der Waals surface area (Å²) < 4.78 is 0. The first-order valence-corrected chi connectivity index (χ1v) is 5.01. The Bertz CT molecular complexity index is 273. The lowest BCUT2D eigenvalue weighted by Crippen LogP contribution is -2.49. The molecule has 0 heterocycles. The van der Waals surface area contributed by atoms with E-state index in [2.05, 4.69) is 5.32 Å². The monoisotopic (exact) mass is 266 g/mol. The van der Waals surface area contributed by atoms with Gasteiger partial charge in [-0.25, -0.2) is 0 Å². The van der Waals surface area contributed by atoms with Crippen molar-refractivity contribution in [3.8, 4) is 0 Å². The maximum absolute atomic E-state index is 11.2. The van der Waals surface area contributed by atoms with Gasteiger partial charge in [0.2, 0.25) is 0 Å². The lowest BCUT2D eigenvalue weighted by atomic mass is 10.1. The molecule has 0 aromatic heterocycles. The molecule has 8 nitrogen and oxygen atoms in total. The number of amides is 1. The van der Waals surface area contributed by atoms with Gasteiger partial charge in [-0.2, -0.15) is 0 Å². The molecule has 8 heteroatoms. The van der Waals surface area contributed by atoms with Crippen LogP contribution in [-0.4, -0.2) is 69.6 Å². The van der Waals surface area contributed by atoms with Crippen molar-refractivity contribution < 1.29 is 30.0 Å². The van der Waals surface area contributed by atoms with Gasteiger partial charge >= 0.3 is 0 Å². The van der Waals surface area contributed by atoms with Gasteiger partial charge in [0.05, 0.1) is 12.2 Å². The first-order chi connectivity index (χ1) is 7.81. The quantitative estimate of drug-likeness (QED) is 0.282. The van der Waals surface area contributed by atoms with Crippen LogP contribution in [0.25, 0.3) is 0 Å². The summed E-state index contributed by atoms with van der Waals surface area (Å²) in [6.45, 7) is 0.489. The van der Waals surface area contributed by atoms with Gasteiger partial charge in [0.15, 0.2) is 11.9 Å². The van der Waals surface area contributed by atoms with Crippen molar-refractivity contribution in [1.29, 1.82) is 0 Å². The highest BCUT2D eigenvalue weighted by molar-refractivity contribution is 5.90. The maximum atomic E-state index is 11.2. The molecule has 0 aromatic rings. The van der Waals surface area contributed by atoms with E-state index >= 15 is 0 Å². The molecule has 0 aliphatic carbocycles. The molecule has 0 aliphatic heterocycles. The number of carbonyl (C=O) groups excluding carboxylic acids is 2. The van der Waals surface area contributed by atoms with E-state index in [1.807, 2.05) is 0 Å². The lowest BCUT2D eigenvalue weighted by molar-refractivity contribution is -0.144. The third kappa shape index (κ3) is 6.03. The molecule has 18 heavy (non-hydrogen) atoms. The molecule has 0 spiro atoms. The fraction of sp³-hybridized carbons (Fsp3) is 0.800. The number of Topliss-reactive ketones (excluding diaryl/α,β-unsaturated/α-hetero) is 1. The molecule has 108 valence electrons. The summed E-state index contributed by atoms with van der Waals surface area (Å²) >= 11 is 0. The zero-order chi connectivity index (χ0) is 13.6. The number of aliphatic hydroxyl groups excluding tert-OH is 4. The standard InChI is InChI=1S/C9H18N2O6.CH4/c1-4(12)7(15)8(16)9(17)11-3-6(14)5(13)2-10;/h5-8,13-16H,2-3,10H2,1H3,(H,11,17);1H4/t5-,6-,7-,8+;/m0./s1. The molecular formula is C10H22N2O6. The van der Waals surface area contributed by atoms with E-state index in [1.54, 1.807) is 0 Å². The van der Waals surface area contributed by atoms with Gasteiger partial charge < -0.3 is 31.5 Å². The number of hydrogen-bond donors (Lipinski definition) is 6. The van der Waals surface area contributed by atoms with Crippen LogP contribution < -0.4 is 11.1 Å². The molecule has 1 amide bonds. The maximum Gasteiger partial charge on any atom is 0.252 e. The Morgan fingerprint density at radius 2 is 1.61 bits per heavy atom. The molecule has 7 N–H and O–H groups in total. The van der Waals surface area contributed by atoms with Crippen molar-refractivity contribution in [1.82, 2.24) is 5.32 Å². The van der Waals surface area contributed by atoms with Crippen molar-refractivity contribution in [2.24, 2.45) is 5.73 Å². The highest BCUT2D eigenvalue weighted by Gasteiger charge is 2.28. The first-order valence-electron chi connectivity index (χ1n) is 5.01. The number of nitrogens with one attached hydrogen (secondary N) is 1. The summed E-state index contributed by atoms with van der Waals surface area (Å²) in [5.74, 6) is -1.77. The van der Waals surface area contributed by atoms with E-state index in [9.17, 15) is 19.8 Å². The minimum absolute atomic E-state index is 0. The molecule has 0 saturated carbocycles. The van der Waals surface area contributed by atoms with E-state index in [4.69, 9.17) is 15.9 Å². The van der Waals surface area contributed by atoms with Crippen molar-refractivity contribution in [2.75, 3.05) is 13.1 Å². The molecule has 0 fully saturated rings. The summed E-state index contributed by atoms with van der Waals surface area (Å²) in [6, 6.07) is 0. The van der Waals surface area contributed by atoms with Crippen LogP contribution in [-0.2, 0) is 9.59 Å². The molecule has 0 radical (unpaired) electrons. The SMILES string of the molecule is C.CC(=O)[C@H](O)[C@@H](O)C(=O)NC[C@H](O)[C@@H](O)CN. The van der Waals surface area contributed by atoms with E-state index in [1.165, 1.54) is 0 Å². The Hall–Kier alpha value is -1.06. The van der Waals surface area contributed by atoms with Gasteiger partial charge in [-0.1, -0.05) is 7.43 Å². The van der Waals surface area contributed by atoms with Gasteiger partial charge in [-0.05, 0) is 6.92 Å². The average molecular weight is 266 g/mol. The Balaban J connectivity index is 0. The second-order valence-corrected chi connectivity index (χ2v) is 3.62. The number of ketones is 1. The normalized spacial score (nSPS) is 17.0. The van der Waals surface area contributed by atoms with E-state index < -0.39 is 36.1 Å². The average Bonchev–Trinajstić information content (AvgIpc) is 2.32. The fourth-order valence-corrected chi connectivity index (χ4v) is 0.969. The highest BCUT2D eigenvalue weighted by atomic mass is 16.3. The molecule has 0 saturated heterocycles. The van der Waals surface area contributed by atoms with Crippen LogP contribution in [0.5, 0.6) is 0 Å². The molecule has 0 unspecified atom stereocenters. The van der Waals surface area contributed by atoms with Crippen LogP contribution in [0.3, 0.4) is 0 Å². The van der Waals surface area contributed by atoms with Gasteiger partial charge in [0, 0.05) is 13.1 Å². The summed E-state index contributed by atoms with van der Waals surface area (Å²) in [4.78, 5) is 21.9. The summed E-state index contributed by atoms with van der Waals surface area (Å²) in [5, 5.41) is 38.7. The van der Waals surface area contributed by atoms with E-state index in [0.29, 0.717) is 0 Å². The molecule has 4 atom stereocenters. The van der Waals surface area contributed by atoms with Gasteiger partial charge in [-0.3, -0.25) is 9.59 Å². The largest absolute Gasteiger partial charge is 0.389 e. The van der Waals surface area contributed by atoms with Crippen molar-refractivity contribution in [3.05, 3.63) is 0 Å². The van der Waals surface area contributed by atoms with Crippen molar-refractivity contribution in [3.63, 3.8) is 0 Å². The Kier molecular flexibility index (Phi) is 9.59. The van der Waals surface area contributed by atoms with Crippen LogP contribution in [0.15, 0.2) is 0 Å². The minimum atomic E-state index is -1.91. The Labute approximate surface area is 105 Å². The van der Waals surface area contributed by atoms with Gasteiger partial charge in [0.1, 0.15) is 6.10 Å². The third-order valence-electron chi connectivity index (χ3n) is 2.16. The zero-order valence-electron chi connectivity index (χ0n) is 9.41. The van der Waals surface area contributed by atoms with Crippen LogP contribution in [0.2, 0.25) is 0 Å². The minimum Gasteiger partial charge on any atom is -0.389 e.